The molecule has 2 rings (SSSR count). The molecule has 0 fully saturated rings. The average molecular weight is 247 g/mol. The van der Waals surface area contributed by atoms with Gasteiger partial charge in [0.1, 0.15) is 5.75 Å². The lowest BCUT2D eigenvalue weighted by Gasteiger charge is -2.20. The van der Waals surface area contributed by atoms with E-state index in [2.05, 4.69) is 5.32 Å². The molecule has 0 saturated carbocycles. The van der Waals surface area contributed by atoms with Crippen LogP contribution < -0.4 is 10.1 Å². The molecule has 1 aliphatic heterocycles. The van der Waals surface area contributed by atoms with Crippen LogP contribution in [0.1, 0.15) is 12.0 Å². The molecule has 96 valence electrons. The SMILES string of the molecule is COC(=O)C1=C(c2cccc(OC)c2)CCNC1. The molecular weight excluding hydrogens is 230 g/mol. The first kappa shape index (κ1) is 12.6. The minimum atomic E-state index is -0.264. The van der Waals surface area contributed by atoms with Crippen molar-refractivity contribution in [3.63, 3.8) is 0 Å². The monoisotopic (exact) mass is 247 g/mol. The highest BCUT2D eigenvalue weighted by atomic mass is 16.5. The smallest absolute Gasteiger partial charge is 0.335 e. The summed E-state index contributed by atoms with van der Waals surface area (Å²) in [7, 11) is 3.05. The number of hydrogen-bond donors (Lipinski definition) is 1. The van der Waals surface area contributed by atoms with E-state index in [0.717, 1.165) is 29.9 Å². The first-order chi connectivity index (χ1) is 8.76. The number of ether oxygens (including phenoxy) is 2. The molecule has 0 aromatic heterocycles. The van der Waals surface area contributed by atoms with E-state index in [9.17, 15) is 4.79 Å². The molecule has 4 nitrogen and oxygen atoms in total. The highest BCUT2D eigenvalue weighted by Gasteiger charge is 2.20. The van der Waals surface area contributed by atoms with Crippen molar-refractivity contribution in [1.29, 1.82) is 0 Å². The van der Waals surface area contributed by atoms with Crippen molar-refractivity contribution in [1.82, 2.24) is 5.32 Å². The van der Waals surface area contributed by atoms with Crippen LogP contribution in [0, 0.1) is 0 Å². The highest BCUT2D eigenvalue weighted by Crippen LogP contribution is 2.27. The Balaban J connectivity index is 2.43. The fraction of sp³-hybridized carbons (Fsp3) is 0.357. The number of carbonyl (C=O) groups excluding carboxylic acids is 1. The topological polar surface area (TPSA) is 47.6 Å². The summed E-state index contributed by atoms with van der Waals surface area (Å²) in [6, 6.07) is 7.76. The molecule has 0 spiro atoms. The Hall–Kier alpha value is -1.81. The number of rotatable bonds is 3. The van der Waals surface area contributed by atoms with Crippen LogP contribution >= 0.6 is 0 Å². The lowest BCUT2D eigenvalue weighted by atomic mass is 9.94. The summed E-state index contributed by atoms with van der Waals surface area (Å²) in [5, 5.41) is 3.19. The van der Waals surface area contributed by atoms with Gasteiger partial charge >= 0.3 is 5.97 Å². The van der Waals surface area contributed by atoms with Crippen LogP contribution in [0.3, 0.4) is 0 Å². The molecule has 0 saturated heterocycles. The molecule has 0 bridgehead atoms. The van der Waals surface area contributed by atoms with Gasteiger partial charge in [-0.15, -0.1) is 0 Å². The van der Waals surface area contributed by atoms with Gasteiger partial charge in [-0.3, -0.25) is 0 Å². The van der Waals surface area contributed by atoms with Crippen LogP contribution in [0.4, 0.5) is 0 Å². The molecule has 0 radical (unpaired) electrons. The Bertz CT molecular complexity index is 480. The summed E-state index contributed by atoms with van der Waals surface area (Å²) in [5.41, 5.74) is 2.77. The van der Waals surface area contributed by atoms with Gasteiger partial charge in [0.25, 0.3) is 0 Å². The minimum Gasteiger partial charge on any atom is -0.497 e. The van der Waals surface area contributed by atoms with Crippen LogP contribution in [0.2, 0.25) is 0 Å². The van der Waals surface area contributed by atoms with Crippen molar-refractivity contribution in [2.45, 2.75) is 6.42 Å². The van der Waals surface area contributed by atoms with Crippen molar-refractivity contribution in [2.24, 2.45) is 0 Å². The quantitative estimate of drug-likeness (QED) is 0.824. The lowest BCUT2D eigenvalue weighted by molar-refractivity contribution is -0.136. The van der Waals surface area contributed by atoms with Gasteiger partial charge in [0.2, 0.25) is 0 Å². The third kappa shape index (κ3) is 2.54. The Morgan fingerprint density at radius 2 is 2.17 bits per heavy atom. The second-order valence-corrected chi connectivity index (χ2v) is 4.11. The number of nitrogens with one attached hydrogen (secondary N) is 1. The average Bonchev–Trinajstić information content (AvgIpc) is 2.46. The second-order valence-electron chi connectivity index (χ2n) is 4.11. The largest absolute Gasteiger partial charge is 0.497 e. The zero-order valence-electron chi connectivity index (χ0n) is 10.7. The molecule has 0 atom stereocenters. The van der Waals surface area contributed by atoms with Gasteiger partial charge in [0.15, 0.2) is 0 Å². The van der Waals surface area contributed by atoms with Crippen LogP contribution in [-0.2, 0) is 9.53 Å². The van der Waals surface area contributed by atoms with E-state index < -0.39 is 0 Å². The molecule has 0 aliphatic carbocycles. The fourth-order valence-corrected chi connectivity index (χ4v) is 2.13. The van der Waals surface area contributed by atoms with Crippen LogP contribution in [-0.4, -0.2) is 33.3 Å². The maximum atomic E-state index is 11.8. The maximum absolute atomic E-state index is 11.8. The Morgan fingerprint density at radius 1 is 1.33 bits per heavy atom. The molecular formula is C14H17NO3. The molecule has 1 aromatic carbocycles. The molecule has 4 heteroatoms. The number of benzene rings is 1. The second kappa shape index (κ2) is 5.69. The Morgan fingerprint density at radius 3 is 2.89 bits per heavy atom. The lowest BCUT2D eigenvalue weighted by Crippen LogP contribution is -2.28. The van der Waals surface area contributed by atoms with Crippen LogP contribution in [0.5, 0.6) is 5.75 Å². The van der Waals surface area contributed by atoms with Crippen molar-refractivity contribution in [3.05, 3.63) is 35.4 Å². The number of methoxy groups -OCH3 is 2. The van der Waals surface area contributed by atoms with Crippen molar-refractivity contribution < 1.29 is 14.3 Å². The molecule has 1 aromatic rings. The Kier molecular flexibility index (Phi) is 3.99. The summed E-state index contributed by atoms with van der Waals surface area (Å²) < 4.78 is 10.0. The maximum Gasteiger partial charge on any atom is 0.335 e. The van der Waals surface area contributed by atoms with Crippen molar-refractivity contribution in [2.75, 3.05) is 27.3 Å². The first-order valence-corrected chi connectivity index (χ1v) is 5.91. The summed E-state index contributed by atoms with van der Waals surface area (Å²) in [5.74, 6) is 0.530. The van der Waals surface area contributed by atoms with Crippen LogP contribution in [0.15, 0.2) is 29.8 Å². The highest BCUT2D eigenvalue weighted by molar-refractivity contribution is 5.98. The molecule has 18 heavy (non-hydrogen) atoms. The van der Waals surface area contributed by atoms with E-state index in [0.29, 0.717) is 12.1 Å². The van der Waals surface area contributed by atoms with E-state index >= 15 is 0 Å². The van der Waals surface area contributed by atoms with E-state index in [4.69, 9.17) is 9.47 Å². The van der Waals surface area contributed by atoms with Gasteiger partial charge in [-0.2, -0.15) is 0 Å². The zero-order chi connectivity index (χ0) is 13.0. The normalized spacial score (nSPS) is 15.4. The van der Waals surface area contributed by atoms with E-state index in [1.807, 2.05) is 24.3 Å². The summed E-state index contributed by atoms with van der Waals surface area (Å²) in [6.45, 7) is 1.42. The van der Waals surface area contributed by atoms with E-state index in [1.54, 1.807) is 7.11 Å². The molecule has 0 amide bonds. The third-order valence-electron chi connectivity index (χ3n) is 3.07. The van der Waals surface area contributed by atoms with Gasteiger partial charge in [0.05, 0.1) is 19.8 Å². The molecule has 1 heterocycles. The number of hydrogen-bond acceptors (Lipinski definition) is 4. The first-order valence-electron chi connectivity index (χ1n) is 5.91. The predicted octanol–water partition coefficient (Wildman–Crippen LogP) is 1.62. The van der Waals surface area contributed by atoms with Gasteiger partial charge < -0.3 is 14.8 Å². The zero-order valence-corrected chi connectivity index (χ0v) is 10.7. The van der Waals surface area contributed by atoms with Gasteiger partial charge in [-0.25, -0.2) is 4.79 Å². The summed E-state index contributed by atoms with van der Waals surface area (Å²) in [4.78, 5) is 11.8. The van der Waals surface area contributed by atoms with Gasteiger partial charge in [-0.05, 0) is 36.2 Å². The summed E-state index contributed by atoms with van der Waals surface area (Å²) in [6.07, 6.45) is 0.817. The molecule has 0 unspecified atom stereocenters. The van der Waals surface area contributed by atoms with Crippen LogP contribution in [0.25, 0.3) is 5.57 Å². The fourth-order valence-electron chi connectivity index (χ4n) is 2.13. The molecule has 1 N–H and O–H groups in total. The minimum absolute atomic E-state index is 0.264. The third-order valence-corrected chi connectivity index (χ3v) is 3.07. The van der Waals surface area contributed by atoms with Gasteiger partial charge in [-0.1, -0.05) is 12.1 Å². The predicted molar refractivity (Wildman–Crippen MR) is 69.4 cm³/mol. The van der Waals surface area contributed by atoms with Crippen molar-refractivity contribution in [3.8, 4) is 5.75 Å². The standard InChI is InChI=1S/C14H17NO3/c1-17-11-5-3-4-10(8-11)12-6-7-15-9-13(12)14(16)18-2/h3-5,8,15H,6-7,9H2,1-2H3. The van der Waals surface area contributed by atoms with Gasteiger partial charge in [0, 0.05) is 6.54 Å². The van der Waals surface area contributed by atoms with E-state index in [-0.39, 0.29) is 5.97 Å². The Labute approximate surface area is 107 Å². The molecule has 1 aliphatic rings. The van der Waals surface area contributed by atoms with Crippen molar-refractivity contribution >= 4 is 11.5 Å². The number of carbonyl (C=O) groups is 1. The number of esters is 1. The summed E-state index contributed by atoms with van der Waals surface area (Å²) >= 11 is 0. The van der Waals surface area contributed by atoms with E-state index in [1.165, 1.54) is 7.11 Å².